The Bertz CT molecular complexity index is 643. The maximum Gasteiger partial charge on any atom is 0.0482 e. The van der Waals surface area contributed by atoms with Gasteiger partial charge in [0.15, 0.2) is 0 Å². The standard InChI is InChI=1S/C17H19NOS.H3P.H2/c1-13-5-4-6-17(11-13)18-14(2)16-9-7-15(8-10-16)12-20(3)19;;/h4-11,18H,2,12H2,1,3H3;1H3;1H. The zero-order valence-electron chi connectivity index (χ0n) is 12.6. The van der Waals surface area contributed by atoms with Crippen molar-refractivity contribution in [2.24, 2.45) is 0 Å². The van der Waals surface area contributed by atoms with Crippen LogP contribution in [0.5, 0.6) is 0 Å². The topological polar surface area (TPSA) is 29.1 Å². The molecular formula is C17H24NOPS. The van der Waals surface area contributed by atoms with Gasteiger partial charge in [-0.25, -0.2) is 0 Å². The van der Waals surface area contributed by atoms with Crippen molar-refractivity contribution in [2.45, 2.75) is 12.7 Å². The van der Waals surface area contributed by atoms with E-state index >= 15 is 0 Å². The average molecular weight is 321 g/mol. The van der Waals surface area contributed by atoms with E-state index in [9.17, 15) is 4.21 Å². The first kappa shape index (κ1) is 17.6. The van der Waals surface area contributed by atoms with Crippen LogP contribution in [0.2, 0.25) is 0 Å². The van der Waals surface area contributed by atoms with Gasteiger partial charge in [0.25, 0.3) is 0 Å². The van der Waals surface area contributed by atoms with E-state index in [4.69, 9.17) is 0 Å². The number of hydrogen-bond acceptors (Lipinski definition) is 2. The predicted octanol–water partition coefficient (Wildman–Crippen LogP) is 4.26. The van der Waals surface area contributed by atoms with Crippen molar-refractivity contribution < 1.29 is 5.64 Å². The molecule has 0 saturated heterocycles. The molecule has 0 amide bonds. The second kappa shape index (κ2) is 8.11. The van der Waals surface area contributed by atoms with Crippen LogP contribution in [-0.4, -0.2) is 10.5 Å². The molecule has 4 heteroatoms. The summed E-state index contributed by atoms with van der Waals surface area (Å²) in [5.41, 5.74) is 5.23. The summed E-state index contributed by atoms with van der Waals surface area (Å²) in [4.78, 5) is 0. The van der Waals surface area contributed by atoms with Gasteiger partial charge in [-0.1, -0.05) is 43.0 Å². The Kier molecular flexibility index (Phi) is 6.80. The SMILES string of the molecule is C=C(Nc1cccc(C)c1)c1ccc(CS(C)=O)cc1.P.[HH]. The van der Waals surface area contributed by atoms with Crippen LogP contribution in [0.25, 0.3) is 5.70 Å². The number of nitrogens with one attached hydrogen (secondary N) is 1. The summed E-state index contributed by atoms with van der Waals surface area (Å²) < 4.78 is 11.2. The Morgan fingerprint density at radius 1 is 1.24 bits per heavy atom. The van der Waals surface area contributed by atoms with Crippen molar-refractivity contribution in [3.8, 4) is 0 Å². The van der Waals surface area contributed by atoms with Crippen molar-refractivity contribution in [3.63, 3.8) is 0 Å². The molecule has 0 aromatic heterocycles. The van der Waals surface area contributed by atoms with Crippen LogP contribution < -0.4 is 5.32 Å². The molecule has 0 aliphatic heterocycles. The number of benzene rings is 2. The average Bonchev–Trinajstić information content (AvgIpc) is 2.38. The lowest BCUT2D eigenvalue weighted by Crippen LogP contribution is -1.98. The quantitative estimate of drug-likeness (QED) is 0.834. The van der Waals surface area contributed by atoms with Gasteiger partial charge >= 0.3 is 0 Å². The molecule has 114 valence electrons. The molecule has 1 N–H and O–H groups in total. The fourth-order valence-electron chi connectivity index (χ4n) is 2.01. The Hall–Kier alpha value is -1.44. The lowest BCUT2D eigenvalue weighted by Gasteiger charge is -2.11. The minimum absolute atomic E-state index is 0. The third-order valence-electron chi connectivity index (χ3n) is 2.99. The van der Waals surface area contributed by atoms with Crippen LogP contribution in [0.4, 0.5) is 5.69 Å². The van der Waals surface area contributed by atoms with Gasteiger partial charge in [-0.3, -0.25) is 4.21 Å². The van der Waals surface area contributed by atoms with Crippen molar-refractivity contribution in [1.82, 2.24) is 0 Å². The van der Waals surface area contributed by atoms with Crippen LogP contribution >= 0.6 is 9.90 Å². The molecule has 0 aliphatic carbocycles. The zero-order valence-corrected chi connectivity index (χ0v) is 14.8. The highest BCUT2D eigenvalue weighted by Gasteiger charge is 2.01. The van der Waals surface area contributed by atoms with E-state index in [-0.39, 0.29) is 11.3 Å². The zero-order chi connectivity index (χ0) is 14.5. The van der Waals surface area contributed by atoms with Crippen molar-refractivity contribution >= 4 is 32.1 Å². The molecular weight excluding hydrogens is 297 g/mol. The van der Waals surface area contributed by atoms with Gasteiger partial charge in [0.1, 0.15) is 0 Å². The fourth-order valence-corrected chi connectivity index (χ4v) is 2.67. The molecule has 2 aromatic carbocycles. The molecule has 2 atom stereocenters. The highest BCUT2D eigenvalue weighted by molar-refractivity contribution is 7.83. The van der Waals surface area contributed by atoms with Gasteiger partial charge in [-0.05, 0) is 35.7 Å². The van der Waals surface area contributed by atoms with Gasteiger partial charge in [-0.15, -0.1) is 0 Å². The normalized spacial score (nSPS) is 11.3. The summed E-state index contributed by atoms with van der Waals surface area (Å²) >= 11 is 0. The number of rotatable bonds is 5. The van der Waals surface area contributed by atoms with E-state index in [1.807, 2.05) is 36.4 Å². The van der Waals surface area contributed by atoms with Gasteiger partial charge < -0.3 is 5.32 Å². The van der Waals surface area contributed by atoms with E-state index in [0.717, 1.165) is 22.5 Å². The van der Waals surface area contributed by atoms with E-state index in [1.54, 1.807) is 6.26 Å². The third-order valence-corrected chi connectivity index (χ3v) is 3.73. The Morgan fingerprint density at radius 2 is 1.90 bits per heavy atom. The van der Waals surface area contributed by atoms with Gasteiger partial charge in [0, 0.05) is 35.6 Å². The van der Waals surface area contributed by atoms with E-state index < -0.39 is 10.8 Å². The van der Waals surface area contributed by atoms with Crippen LogP contribution in [0.15, 0.2) is 55.1 Å². The second-order valence-corrected chi connectivity index (χ2v) is 6.32. The summed E-state index contributed by atoms with van der Waals surface area (Å²) in [7, 11) is -0.806. The van der Waals surface area contributed by atoms with E-state index in [1.165, 1.54) is 5.56 Å². The maximum absolute atomic E-state index is 11.2. The smallest absolute Gasteiger partial charge is 0.0482 e. The van der Waals surface area contributed by atoms with Crippen LogP contribution in [-0.2, 0) is 16.6 Å². The number of anilines is 1. The molecule has 0 aliphatic rings. The second-order valence-electron chi connectivity index (χ2n) is 4.89. The molecule has 0 bridgehead atoms. The Balaban J connectivity index is 0.00000220. The summed E-state index contributed by atoms with van der Waals surface area (Å²) in [6.45, 7) is 6.13. The van der Waals surface area contributed by atoms with Gasteiger partial charge in [-0.2, -0.15) is 9.90 Å². The Morgan fingerprint density at radius 3 is 2.48 bits per heavy atom. The monoisotopic (exact) mass is 321 g/mol. The predicted molar refractivity (Wildman–Crippen MR) is 101 cm³/mol. The van der Waals surface area contributed by atoms with Crippen molar-refractivity contribution in [2.75, 3.05) is 11.6 Å². The maximum atomic E-state index is 11.2. The molecule has 0 fully saturated rings. The Labute approximate surface area is 134 Å². The summed E-state index contributed by atoms with van der Waals surface area (Å²) in [6, 6.07) is 16.2. The molecule has 2 nitrogen and oxygen atoms in total. The highest BCUT2D eigenvalue weighted by Crippen LogP contribution is 2.18. The molecule has 0 spiro atoms. The molecule has 2 rings (SSSR count). The lowest BCUT2D eigenvalue weighted by molar-refractivity contribution is 0.686. The first-order valence-electron chi connectivity index (χ1n) is 6.46. The minimum atomic E-state index is -0.806. The van der Waals surface area contributed by atoms with Crippen LogP contribution in [0.1, 0.15) is 18.1 Å². The first-order chi connectivity index (χ1) is 9.54. The largest absolute Gasteiger partial charge is 0.356 e. The summed E-state index contributed by atoms with van der Waals surface area (Å²) in [5, 5.41) is 3.30. The van der Waals surface area contributed by atoms with Crippen molar-refractivity contribution in [1.29, 1.82) is 0 Å². The summed E-state index contributed by atoms with van der Waals surface area (Å²) in [6.07, 6.45) is 1.71. The first-order valence-corrected chi connectivity index (χ1v) is 8.19. The lowest BCUT2D eigenvalue weighted by atomic mass is 10.1. The molecule has 0 saturated carbocycles. The van der Waals surface area contributed by atoms with Crippen molar-refractivity contribution in [3.05, 3.63) is 71.8 Å². The van der Waals surface area contributed by atoms with E-state index in [2.05, 4.69) is 31.0 Å². The fraction of sp³-hybridized carbons (Fsp3) is 0.176. The molecule has 0 radical (unpaired) electrons. The number of aryl methyl sites for hydroxylation is 1. The van der Waals surface area contributed by atoms with E-state index in [0.29, 0.717) is 5.75 Å². The molecule has 0 heterocycles. The van der Waals surface area contributed by atoms with Gasteiger partial charge in [0.2, 0.25) is 0 Å². The van der Waals surface area contributed by atoms with Crippen LogP contribution in [0.3, 0.4) is 0 Å². The molecule has 21 heavy (non-hydrogen) atoms. The molecule has 2 aromatic rings. The van der Waals surface area contributed by atoms with Gasteiger partial charge in [0.05, 0.1) is 0 Å². The minimum Gasteiger partial charge on any atom is -0.356 e. The summed E-state index contributed by atoms with van der Waals surface area (Å²) in [5.74, 6) is 0.595. The third kappa shape index (κ3) is 5.45. The number of hydrogen-bond donors (Lipinski definition) is 1. The molecule has 2 unspecified atom stereocenters. The highest BCUT2D eigenvalue weighted by atomic mass is 32.2. The van der Waals surface area contributed by atoms with Crippen LogP contribution in [0, 0.1) is 6.92 Å².